The smallest absolute Gasteiger partial charge is 0.159 e. The van der Waals surface area contributed by atoms with E-state index in [1.807, 2.05) is 37.3 Å². The number of halogens is 3. The van der Waals surface area contributed by atoms with Crippen LogP contribution in [-0.4, -0.2) is 4.98 Å². The molecule has 0 fully saturated rings. The Bertz CT molecular complexity index is 772. The Morgan fingerprint density at radius 3 is 2.40 bits per heavy atom. The van der Waals surface area contributed by atoms with Gasteiger partial charge in [0, 0.05) is 10.9 Å². The molecule has 2 aromatic carbocycles. The number of aromatic nitrogens is 1. The van der Waals surface area contributed by atoms with Gasteiger partial charge in [-0.05, 0) is 42.8 Å². The molecule has 0 atom stereocenters. The summed E-state index contributed by atoms with van der Waals surface area (Å²) in [6, 6.07) is 13.5. The molecule has 3 aromatic rings. The van der Waals surface area contributed by atoms with Crippen LogP contribution >= 0.6 is 12.4 Å². The molecule has 102 valence electrons. The van der Waals surface area contributed by atoms with E-state index in [-0.39, 0.29) is 12.4 Å². The first kappa shape index (κ1) is 14.4. The third-order valence-corrected chi connectivity index (χ3v) is 3.14. The van der Waals surface area contributed by atoms with Gasteiger partial charge >= 0.3 is 0 Å². The van der Waals surface area contributed by atoms with Crippen LogP contribution in [0.3, 0.4) is 0 Å². The Hall–Kier alpha value is -2.00. The van der Waals surface area contributed by atoms with Gasteiger partial charge in [-0.3, -0.25) is 0 Å². The molecule has 1 nitrogen and oxygen atoms in total. The van der Waals surface area contributed by atoms with E-state index >= 15 is 0 Å². The summed E-state index contributed by atoms with van der Waals surface area (Å²) in [6.07, 6.45) is 0. The number of aryl methyl sites for hydroxylation is 1. The molecule has 0 unspecified atom stereocenters. The van der Waals surface area contributed by atoms with Crippen LogP contribution < -0.4 is 0 Å². The highest BCUT2D eigenvalue weighted by molar-refractivity contribution is 5.85. The maximum Gasteiger partial charge on any atom is 0.159 e. The van der Waals surface area contributed by atoms with Crippen molar-refractivity contribution in [2.75, 3.05) is 0 Å². The Morgan fingerprint density at radius 1 is 0.900 bits per heavy atom. The SMILES string of the molecule is Cc1cc(-c2ccc(F)c(F)c2)nc2ccccc12.Cl. The Kier molecular flexibility index (Phi) is 4.00. The van der Waals surface area contributed by atoms with Gasteiger partial charge in [-0.25, -0.2) is 13.8 Å². The van der Waals surface area contributed by atoms with Gasteiger partial charge in [0.15, 0.2) is 11.6 Å². The second-order valence-electron chi connectivity index (χ2n) is 4.47. The average Bonchev–Trinajstić information content (AvgIpc) is 2.42. The summed E-state index contributed by atoms with van der Waals surface area (Å²) in [4.78, 5) is 4.49. The maximum atomic E-state index is 13.3. The zero-order valence-corrected chi connectivity index (χ0v) is 11.5. The van der Waals surface area contributed by atoms with Gasteiger partial charge < -0.3 is 0 Å². The number of nitrogens with zero attached hydrogens (tertiary/aromatic N) is 1. The molecule has 0 bridgehead atoms. The fourth-order valence-corrected chi connectivity index (χ4v) is 2.15. The van der Waals surface area contributed by atoms with Crippen molar-refractivity contribution in [3.8, 4) is 11.3 Å². The minimum Gasteiger partial charge on any atom is -0.248 e. The van der Waals surface area contributed by atoms with Crippen molar-refractivity contribution < 1.29 is 8.78 Å². The van der Waals surface area contributed by atoms with E-state index < -0.39 is 11.6 Å². The highest BCUT2D eigenvalue weighted by atomic mass is 35.5. The summed E-state index contributed by atoms with van der Waals surface area (Å²) in [5.74, 6) is -1.70. The van der Waals surface area contributed by atoms with Crippen molar-refractivity contribution in [2.45, 2.75) is 6.92 Å². The number of hydrogen-bond donors (Lipinski definition) is 0. The quantitative estimate of drug-likeness (QED) is 0.621. The summed E-state index contributed by atoms with van der Waals surface area (Å²) < 4.78 is 26.2. The summed E-state index contributed by atoms with van der Waals surface area (Å²) >= 11 is 0. The number of para-hydroxylation sites is 1. The lowest BCUT2D eigenvalue weighted by molar-refractivity contribution is 0.509. The van der Waals surface area contributed by atoms with Gasteiger partial charge in [-0.2, -0.15) is 0 Å². The first-order valence-electron chi connectivity index (χ1n) is 5.97. The summed E-state index contributed by atoms with van der Waals surface area (Å²) in [5.41, 5.74) is 3.13. The van der Waals surface area contributed by atoms with Crippen LogP contribution in [0.25, 0.3) is 22.2 Å². The molecule has 1 heterocycles. The van der Waals surface area contributed by atoms with Crippen LogP contribution in [0.4, 0.5) is 8.78 Å². The number of hydrogen-bond acceptors (Lipinski definition) is 1. The van der Waals surface area contributed by atoms with E-state index in [1.165, 1.54) is 12.1 Å². The van der Waals surface area contributed by atoms with Crippen LogP contribution in [0.2, 0.25) is 0 Å². The molecule has 4 heteroatoms. The molecule has 0 saturated heterocycles. The predicted molar refractivity (Wildman–Crippen MR) is 79.1 cm³/mol. The Balaban J connectivity index is 0.00000147. The molecule has 1 aromatic heterocycles. The molecule has 0 aliphatic rings. The van der Waals surface area contributed by atoms with Gasteiger partial charge in [-0.15, -0.1) is 12.4 Å². The molecule has 0 spiro atoms. The van der Waals surface area contributed by atoms with Gasteiger partial charge in [0.1, 0.15) is 0 Å². The third kappa shape index (κ3) is 2.49. The van der Waals surface area contributed by atoms with Gasteiger partial charge in [-0.1, -0.05) is 18.2 Å². The summed E-state index contributed by atoms with van der Waals surface area (Å²) in [6.45, 7) is 1.98. The normalized spacial score (nSPS) is 10.3. The van der Waals surface area contributed by atoms with Crippen LogP contribution in [0.15, 0.2) is 48.5 Å². The van der Waals surface area contributed by atoms with E-state index in [2.05, 4.69) is 4.98 Å². The zero-order chi connectivity index (χ0) is 13.4. The van der Waals surface area contributed by atoms with Crippen molar-refractivity contribution in [2.24, 2.45) is 0 Å². The lowest BCUT2D eigenvalue weighted by Gasteiger charge is -2.07. The standard InChI is InChI=1S/C16H11F2N.ClH/c1-10-8-16(11-6-7-13(17)14(18)9-11)19-15-5-3-2-4-12(10)15;/h2-9H,1H3;1H. The molecule has 0 N–H and O–H groups in total. The minimum atomic E-state index is -0.856. The third-order valence-electron chi connectivity index (χ3n) is 3.14. The van der Waals surface area contributed by atoms with E-state index in [0.717, 1.165) is 22.5 Å². The van der Waals surface area contributed by atoms with Gasteiger partial charge in [0.25, 0.3) is 0 Å². The molecule has 0 saturated carbocycles. The fourth-order valence-electron chi connectivity index (χ4n) is 2.15. The van der Waals surface area contributed by atoms with E-state index in [9.17, 15) is 8.78 Å². The van der Waals surface area contributed by atoms with Crippen molar-refractivity contribution in [3.05, 3.63) is 65.7 Å². The fraction of sp³-hybridized carbons (Fsp3) is 0.0625. The van der Waals surface area contributed by atoms with Crippen LogP contribution in [0.1, 0.15) is 5.56 Å². The number of rotatable bonds is 1. The lowest BCUT2D eigenvalue weighted by Crippen LogP contribution is -1.91. The van der Waals surface area contributed by atoms with Crippen LogP contribution in [0.5, 0.6) is 0 Å². The molecule has 0 radical (unpaired) electrons. The maximum absolute atomic E-state index is 13.3. The molecule has 0 aliphatic heterocycles. The molecule has 0 aliphatic carbocycles. The van der Waals surface area contributed by atoms with E-state index in [4.69, 9.17) is 0 Å². The van der Waals surface area contributed by atoms with E-state index in [0.29, 0.717) is 11.3 Å². The van der Waals surface area contributed by atoms with Crippen molar-refractivity contribution in [1.82, 2.24) is 4.98 Å². The summed E-state index contributed by atoms with van der Waals surface area (Å²) in [5, 5.41) is 1.06. The van der Waals surface area contributed by atoms with E-state index in [1.54, 1.807) is 0 Å². The second-order valence-corrected chi connectivity index (χ2v) is 4.47. The number of fused-ring (bicyclic) bond motifs is 1. The second kappa shape index (κ2) is 5.55. The van der Waals surface area contributed by atoms with Crippen molar-refractivity contribution in [1.29, 1.82) is 0 Å². The summed E-state index contributed by atoms with van der Waals surface area (Å²) in [7, 11) is 0. The van der Waals surface area contributed by atoms with Crippen LogP contribution in [0, 0.1) is 18.6 Å². The molecule has 20 heavy (non-hydrogen) atoms. The van der Waals surface area contributed by atoms with Gasteiger partial charge in [0.2, 0.25) is 0 Å². The van der Waals surface area contributed by atoms with Crippen molar-refractivity contribution in [3.63, 3.8) is 0 Å². The zero-order valence-electron chi connectivity index (χ0n) is 10.7. The highest BCUT2D eigenvalue weighted by Crippen LogP contribution is 2.25. The van der Waals surface area contributed by atoms with Gasteiger partial charge in [0.05, 0.1) is 11.2 Å². The minimum absolute atomic E-state index is 0. The molecule has 0 amide bonds. The topological polar surface area (TPSA) is 12.9 Å². The highest BCUT2D eigenvalue weighted by Gasteiger charge is 2.08. The monoisotopic (exact) mass is 291 g/mol. The number of benzene rings is 2. The predicted octanol–water partition coefficient (Wildman–Crippen LogP) is 4.91. The van der Waals surface area contributed by atoms with Crippen molar-refractivity contribution >= 4 is 23.3 Å². The largest absolute Gasteiger partial charge is 0.248 e. The lowest BCUT2D eigenvalue weighted by atomic mass is 10.1. The Labute approximate surface area is 121 Å². The molecular weight excluding hydrogens is 280 g/mol. The molecule has 3 rings (SSSR count). The average molecular weight is 292 g/mol. The first-order valence-corrected chi connectivity index (χ1v) is 5.97. The molecular formula is C16H12ClF2N. The Morgan fingerprint density at radius 2 is 1.65 bits per heavy atom. The van der Waals surface area contributed by atoms with Crippen LogP contribution in [-0.2, 0) is 0 Å². The number of pyridine rings is 1. The first-order chi connectivity index (χ1) is 9.15.